The summed E-state index contributed by atoms with van der Waals surface area (Å²) >= 11 is 0. The Morgan fingerprint density at radius 2 is 1.85 bits per heavy atom. The van der Waals surface area contributed by atoms with E-state index in [1.165, 1.54) is 16.2 Å². The number of hydrogen-bond acceptors (Lipinski definition) is 4. The van der Waals surface area contributed by atoms with Gasteiger partial charge in [0.25, 0.3) is 5.91 Å². The van der Waals surface area contributed by atoms with Crippen LogP contribution in [0, 0.1) is 0 Å². The molecule has 2 aliphatic rings. The lowest BCUT2D eigenvalue weighted by Crippen LogP contribution is -3.17. The average molecular weight is 359 g/mol. The number of anilines is 1. The van der Waals surface area contributed by atoms with Crippen LogP contribution in [0.3, 0.4) is 0 Å². The van der Waals surface area contributed by atoms with Gasteiger partial charge in [-0.15, -0.1) is 0 Å². The second kappa shape index (κ2) is 8.45. The number of amides is 2. The number of likely N-dealkylation sites (tertiary alicyclic amines) is 1. The van der Waals surface area contributed by atoms with Crippen molar-refractivity contribution in [3.8, 4) is 0 Å². The lowest BCUT2D eigenvalue weighted by Gasteiger charge is -2.27. The summed E-state index contributed by atoms with van der Waals surface area (Å²) in [4.78, 5) is 39.7. The fraction of sp³-hybridized carbons (Fsp3) is 0.550. The highest BCUT2D eigenvalue weighted by molar-refractivity contribution is 6.21. The largest absolute Gasteiger partial charge is 0.462 e. The van der Waals surface area contributed by atoms with Gasteiger partial charge in [0.15, 0.2) is 6.04 Å². The summed E-state index contributed by atoms with van der Waals surface area (Å²) in [6.07, 6.45) is 5.50. The molecule has 2 fully saturated rings. The molecule has 1 N–H and O–H groups in total. The average Bonchev–Trinajstić information content (AvgIpc) is 2.97. The van der Waals surface area contributed by atoms with E-state index < -0.39 is 0 Å². The molecule has 1 aromatic rings. The molecule has 2 amide bonds. The summed E-state index contributed by atoms with van der Waals surface area (Å²) < 4.78 is 5.18. The van der Waals surface area contributed by atoms with Crippen LogP contribution in [0.4, 0.5) is 5.69 Å². The predicted molar refractivity (Wildman–Crippen MR) is 97.1 cm³/mol. The van der Waals surface area contributed by atoms with Crippen LogP contribution in [0.1, 0.15) is 55.8 Å². The first-order valence-corrected chi connectivity index (χ1v) is 9.60. The van der Waals surface area contributed by atoms with Crippen LogP contribution in [-0.4, -0.2) is 43.5 Å². The molecular weight excluding hydrogens is 332 g/mol. The summed E-state index contributed by atoms with van der Waals surface area (Å²) in [5.74, 6) is -0.652. The van der Waals surface area contributed by atoms with Crippen molar-refractivity contribution in [2.75, 3.05) is 24.6 Å². The van der Waals surface area contributed by atoms with Crippen molar-refractivity contribution < 1.29 is 24.0 Å². The number of nitrogens with one attached hydrogen (secondary N) is 1. The van der Waals surface area contributed by atoms with Gasteiger partial charge in [0.05, 0.1) is 37.4 Å². The molecule has 0 bridgehead atoms. The molecule has 0 radical (unpaired) electrons. The van der Waals surface area contributed by atoms with Gasteiger partial charge < -0.3 is 9.64 Å². The van der Waals surface area contributed by atoms with Gasteiger partial charge in [-0.2, -0.15) is 0 Å². The normalized spacial score (nSPS) is 21.3. The van der Waals surface area contributed by atoms with E-state index >= 15 is 0 Å². The second-order valence-electron chi connectivity index (χ2n) is 7.08. The molecule has 0 aliphatic carbocycles. The van der Waals surface area contributed by atoms with E-state index in [1.807, 2.05) is 6.92 Å². The van der Waals surface area contributed by atoms with E-state index in [-0.39, 0.29) is 30.2 Å². The topological polar surface area (TPSA) is 68.1 Å². The molecule has 2 heterocycles. The summed E-state index contributed by atoms with van der Waals surface area (Å²) in [7, 11) is 0. The number of rotatable bonds is 6. The molecule has 0 spiro atoms. The van der Waals surface area contributed by atoms with Gasteiger partial charge >= 0.3 is 5.97 Å². The fourth-order valence-corrected chi connectivity index (χ4v) is 3.72. The highest BCUT2D eigenvalue weighted by Gasteiger charge is 2.45. The van der Waals surface area contributed by atoms with Crippen molar-refractivity contribution in [1.29, 1.82) is 0 Å². The Balaban J connectivity index is 1.67. The minimum atomic E-state index is -0.375. The lowest BCUT2D eigenvalue weighted by molar-refractivity contribution is -0.919. The monoisotopic (exact) mass is 359 g/mol. The number of ether oxygens (including phenoxy) is 1. The van der Waals surface area contributed by atoms with Crippen LogP contribution in [-0.2, 0) is 14.3 Å². The maximum Gasteiger partial charge on any atom is 0.338 e. The molecule has 26 heavy (non-hydrogen) atoms. The predicted octanol–water partition coefficient (Wildman–Crippen LogP) is 1.34. The highest BCUT2D eigenvalue weighted by atomic mass is 16.5. The molecule has 1 aromatic carbocycles. The lowest BCUT2D eigenvalue weighted by atomic mass is 10.1. The molecule has 0 saturated carbocycles. The van der Waals surface area contributed by atoms with Crippen molar-refractivity contribution >= 4 is 23.5 Å². The standard InChI is InChI=1S/C20H26N2O4/c1-2-3-13-26-20(25)15-7-9-16(10-8-15)22-18(23)14-17(19(22)24)21-11-5-4-6-12-21/h7-10,17H,2-6,11-14H2,1H3/p+1/t17-/m0/s1. The van der Waals surface area contributed by atoms with Crippen LogP contribution < -0.4 is 9.80 Å². The number of carbonyl (C=O) groups excluding carboxylic acids is 3. The first-order chi connectivity index (χ1) is 12.6. The Morgan fingerprint density at radius 1 is 1.15 bits per heavy atom. The number of nitrogens with zero attached hydrogens (tertiary/aromatic N) is 1. The maximum absolute atomic E-state index is 12.8. The highest BCUT2D eigenvalue weighted by Crippen LogP contribution is 2.23. The molecule has 140 valence electrons. The Kier molecular flexibility index (Phi) is 6.04. The third-order valence-corrected chi connectivity index (χ3v) is 5.23. The maximum atomic E-state index is 12.8. The Hall–Kier alpha value is -2.21. The number of unbranched alkanes of at least 4 members (excludes halogenated alkanes) is 1. The number of piperidine rings is 1. The third-order valence-electron chi connectivity index (χ3n) is 5.23. The number of imide groups is 1. The number of hydrogen-bond donors (Lipinski definition) is 1. The first-order valence-electron chi connectivity index (χ1n) is 9.60. The molecule has 6 heteroatoms. The number of esters is 1. The van der Waals surface area contributed by atoms with Crippen molar-refractivity contribution in [2.24, 2.45) is 0 Å². The van der Waals surface area contributed by atoms with Gasteiger partial charge in [0.1, 0.15) is 0 Å². The van der Waals surface area contributed by atoms with Gasteiger partial charge in [-0.3, -0.25) is 9.59 Å². The van der Waals surface area contributed by atoms with E-state index in [0.717, 1.165) is 38.8 Å². The first kappa shape index (κ1) is 18.6. The Bertz CT molecular complexity index is 665. The quantitative estimate of drug-likeness (QED) is 0.473. The molecule has 1 atom stereocenters. The molecule has 3 rings (SSSR count). The minimum Gasteiger partial charge on any atom is -0.462 e. The van der Waals surface area contributed by atoms with Crippen molar-refractivity contribution in [1.82, 2.24) is 0 Å². The SMILES string of the molecule is CCCCOC(=O)c1ccc(N2C(=O)C[C@H]([NH+]3CCCCC3)C2=O)cc1. The number of quaternary nitrogens is 1. The molecule has 0 unspecified atom stereocenters. The fourth-order valence-electron chi connectivity index (χ4n) is 3.72. The Morgan fingerprint density at radius 3 is 2.50 bits per heavy atom. The molecular formula is C20H27N2O4+. The van der Waals surface area contributed by atoms with Gasteiger partial charge in [0.2, 0.25) is 5.91 Å². The van der Waals surface area contributed by atoms with E-state index in [2.05, 4.69) is 0 Å². The summed E-state index contributed by atoms with van der Waals surface area (Å²) in [6, 6.07) is 6.28. The second-order valence-corrected chi connectivity index (χ2v) is 7.08. The van der Waals surface area contributed by atoms with Gasteiger partial charge in [-0.25, -0.2) is 9.69 Å². The van der Waals surface area contributed by atoms with Crippen molar-refractivity contribution in [2.45, 2.75) is 51.5 Å². The smallest absolute Gasteiger partial charge is 0.338 e. The number of benzene rings is 1. The van der Waals surface area contributed by atoms with Crippen LogP contribution in [0.2, 0.25) is 0 Å². The van der Waals surface area contributed by atoms with Crippen molar-refractivity contribution in [3.63, 3.8) is 0 Å². The van der Waals surface area contributed by atoms with Gasteiger partial charge in [-0.1, -0.05) is 13.3 Å². The number of carbonyl (C=O) groups is 3. The molecule has 0 aromatic heterocycles. The van der Waals surface area contributed by atoms with Gasteiger partial charge in [0, 0.05) is 0 Å². The zero-order valence-corrected chi connectivity index (χ0v) is 15.3. The minimum absolute atomic E-state index is 0.120. The van der Waals surface area contributed by atoms with E-state index in [0.29, 0.717) is 17.9 Å². The van der Waals surface area contributed by atoms with Crippen molar-refractivity contribution in [3.05, 3.63) is 29.8 Å². The summed E-state index contributed by atoms with van der Waals surface area (Å²) in [5.41, 5.74) is 0.964. The zero-order valence-electron chi connectivity index (χ0n) is 15.3. The zero-order chi connectivity index (χ0) is 18.5. The van der Waals surface area contributed by atoms with Crippen LogP contribution in [0.15, 0.2) is 24.3 Å². The van der Waals surface area contributed by atoms with Crippen LogP contribution in [0.5, 0.6) is 0 Å². The van der Waals surface area contributed by atoms with Crippen LogP contribution >= 0.6 is 0 Å². The third kappa shape index (κ3) is 3.96. The van der Waals surface area contributed by atoms with Crippen LogP contribution in [0.25, 0.3) is 0 Å². The summed E-state index contributed by atoms with van der Waals surface area (Å²) in [6.45, 7) is 4.35. The molecule has 6 nitrogen and oxygen atoms in total. The van der Waals surface area contributed by atoms with E-state index in [1.54, 1.807) is 24.3 Å². The van der Waals surface area contributed by atoms with E-state index in [4.69, 9.17) is 4.74 Å². The summed E-state index contributed by atoms with van der Waals surface area (Å²) in [5, 5.41) is 0. The van der Waals surface area contributed by atoms with Gasteiger partial charge in [-0.05, 0) is 49.9 Å². The Labute approximate surface area is 154 Å². The molecule has 2 aliphatic heterocycles. The molecule has 2 saturated heterocycles. The van der Waals surface area contributed by atoms with E-state index in [9.17, 15) is 14.4 Å².